The zero-order valence-electron chi connectivity index (χ0n) is 26.4. The fourth-order valence-electron chi connectivity index (χ4n) is 5.57. The Balaban J connectivity index is 0.0000152. The third-order valence-electron chi connectivity index (χ3n) is 7.98. The molecule has 0 radical (unpaired) electrons. The molecule has 1 rings (SSSR count). The molecule has 0 heterocycles. The van der Waals surface area contributed by atoms with E-state index in [2.05, 4.69) is 32.0 Å². The van der Waals surface area contributed by atoms with E-state index in [1.807, 2.05) is 0 Å². The summed E-state index contributed by atoms with van der Waals surface area (Å²) in [7, 11) is 0. The van der Waals surface area contributed by atoms with Crippen molar-refractivity contribution >= 4 is 30.6 Å². The second kappa shape index (κ2) is 28.5. The van der Waals surface area contributed by atoms with Crippen molar-refractivity contribution in [3.05, 3.63) is 29.3 Å². The normalized spacial score (nSPS) is 11.5. The minimum Gasteiger partial charge on any atom is -0.682 e. The van der Waals surface area contributed by atoms with E-state index in [1.54, 1.807) is 0 Å². The fraction of sp³-hybridized carbons (Fsp3) is 0.824. The third kappa shape index (κ3) is 24.2. The van der Waals surface area contributed by atoms with E-state index in [0.29, 0.717) is 0 Å². The fourth-order valence-corrected chi connectivity index (χ4v) is 6.48. The zero-order chi connectivity index (χ0) is 28.4. The van der Waals surface area contributed by atoms with Gasteiger partial charge in [-0.15, -0.1) is 6.12 Å². The van der Waals surface area contributed by atoms with Crippen LogP contribution in [-0.4, -0.2) is 0 Å². The van der Waals surface area contributed by atoms with Crippen molar-refractivity contribution in [2.75, 3.05) is 0 Å². The van der Waals surface area contributed by atoms with Crippen LogP contribution in [0.25, 0.3) is 0 Å². The standard InChI is InChI=1S/C34H63O2PS2.Zn/c1-3-5-7-9-11-13-15-17-19-21-23-25-28-32-30-27-31-33(34(32)36-37(35,38)39)29-26-24-22-20-18-16-14-12-10-8-6-4-2;/h27,30-31H,3-26,28-29H2,1-2H3,(H2,35,38,39);/q;+2/p-2. The van der Waals surface area contributed by atoms with Crippen LogP contribution in [0.3, 0.4) is 0 Å². The van der Waals surface area contributed by atoms with E-state index in [-0.39, 0.29) is 19.5 Å². The molecule has 6 heteroatoms. The van der Waals surface area contributed by atoms with Gasteiger partial charge in [0, 0.05) is 0 Å². The molecule has 0 aliphatic rings. The van der Waals surface area contributed by atoms with Crippen LogP contribution in [0.15, 0.2) is 18.2 Å². The van der Waals surface area contributed by atoms with E-state index in [4.69, 9.17) is 29.0 Å². The van der Waals surface area contributed by atoms with Crippen molar-refractivity contribution in [2.24, 2.45) is 0 Å². The third-order valence-corrected chi connectivity index (χ3v) is 8.83. The number of hydrogen-bond donors (Lipinski definition) is 0. The number of unbranched alkanes of at least 4 members (excludes halogenated alkanes) is 22. The van der Waals surface area contributed by atoms with Crippen LogP contribution in [-0.2, 0) is 56.8 Å². The molecule has 0 saturated carbocycles. The summed E-state index contributed by atoms with van der Waals surface area (Å²) < 4.78 is 5.76. The summed E-state index contributed by atoms with van der Waals surface area (Å²) >= 11 is 10.0. The van der Waals surface area contributed by atoms with Gasteiger partial charge in [-0.3, -0.25) is 0 Å². The Hall–Kier alpha value is 0.733. The molecule has 1 aromatic carbocycles. The van der Waals surface area contributed by atoms with Gasteiger partial charge in [-0.2, -0.15) is 0 Å². The van der Waals surface area contributed by atoms with Crippen molar-refractivity contribution < 1.29 is 28.9 Å². The summed E-state index contributed by atoms with van der Waals surface area (Å²) in [5.74, 6) is 0.733. The maximum atomic E-state index is 12.2. The molecular weight excluding hydrogens is 601 g/mol. The molecule has 0 saturated heterocycles. The van der Waals surface area contributed by atoms with Crippen LogP contribution < -0.4 is 9.42 Å². The first kappa shape index (κ1) is 40.7. The molecule has 0 amide bonds. The number of rotatable bonds is 28. The molecule has 228 valence electrons. The average molecular weight is 662 g/mol. The van der Waals surface area contributed by atoms with Crippen LogP contribution in [0.1, 0.15) is 179 Å². The van der Waals surface area contributed by atoms with Crippen LogP contribution in [0, 0.1) is 0 Å². The average Bonchev–Trinajstić information content (AvgIpc) is 2.90. The van der Waals surface area contributed by atoms with Crippen LogP contribution in [0.5, 0.6) is 5.75 Å². The minimum absolute atomic E-state index is 0. The molecule has 0 spiro atoms. The van der Waals surface area contributed by atoms with E-state index in [1.165, 1.54) is 141 Å². The largest absolute Gasteiger partial charge is 2.00 e. The Morgan fingerprint density at radius 2 is 0.800 bits per heavy atom. The van der Waals surface area contributed by atoms with Gasteiger partial charge in [0.05, 0.1) is 0 Å². The predicted molar refractivity (Wildman–Crippen MR) is 178 cm³/mol. The first-order chi connectivity index (χ1) is 19.0. The SMILES string of the molecule is CCCCCCCCCCCCCCc1cccc(CCCCCCCCCCCCCC)c1O[P+]([O-])([S-])[S-].[Zn+2]. The number of hydrogen-bond acceptors (Lipinski definition) is 4. The zero-order valence-corrected chi connectivity index (χ0v) is 31.9. The van der Waals surface area contributed by atoms with Crippen LogP contribution in [0.4, 0.5) is 0 Å². The topological polar surface area (TPSA) is 32.3 Å². The Kier molecular flexibility index (Phi) is 29.0. The molecule has 0 atom stereocenters. The Morgan fingerprint density at radius 1 is 0.525 bits per heavy atom. The molecule has 0 fully saturated rings. The molecule has 0 aliphatic heterocycles. The second-order valence-electron chi connectivity index (χ2n) is 11.7. The monoisotopic (exact) mass is 660 g/mol. The Labute approximate surface area is 274 Å². The molecule has 0 aliphatic carbocycles. The number of aryl methyl sites for hydroxylation is 2. The van der Waals surface area contributed by atoms with Gasteiger partial charge < -0.3 is 33.9 Å². The molecule has 40 heavy (non-hydrogen) atoms. The molecule has 0 bridgehead atoms. The van der Waals surface area contributed by atoms with E-state index < -0.39 is 6.12 Å². The first-order valence-corrected chi connectivity index (χ1v) is 20.5. The molecular formula is C34H61O2PS2Zn. The number of benzene rings is 1. The van der Waals surface area contributed by atoms with Crippen molar-refractivity contribution in [1.29, 1.82) is 0 Å². The summed E-state index contributed by atoms with van der Waals surface area (Å²) in [5, 5.41) is 0. The smallest absolute Gasteiger partial charge is 0.682 e. The van der Waals surface area contributed by atoms with Gasteiger partial charge >= 0.3 is 19.5 Å². The van der Waals surface area contributed by atoms with Crippen molar-refractivity contribution in [1.82, 2.24) is 0 Å². The van der Waals surface area contributed by atoms with Crippen molar-refractivity contribution in [2.45, 2.75) is 181 Å². The molecule has 2 nitrogen and oxygen atoms in total. The predicted octanol–water partition coefficient (Wildman–Crippen LogP) is 11.7. The summed E-state index contributed by atoms with van der Waals surface area (Å²) in [5.41, 5.74) is 2.27. The van der Waals surface area contributed by atoms with Gasteiger partial charge in [0.1, 0.15) is 0 Å². The van der Waals surface area contributed by atoms with Crippen LogP contribution >= 0.6 is 6.12 Å². The summed E-state index contributed by atoms with van der Waals surface area (Å²) in [4.78, 5) is 12.2. The number of para-hydroxylation sites is 1. The molecule has 1 aromatic rings. The van der Waals surface area contributed by atoms with Crippen molar-refractivity contribution in [3.63, 3.8) is 0 Å². The second-order valence-corrected chi connectivity index (χ2v) is 16.4. The minimum atomic E-state index is -3.41. The first-order valence-electron chi connectivity index (χ1n) is 16.8. The summed E-state index contributed by atoms with van der Waals surface area (Å²) in [6, 6.07) is 6.34. The van der Waals surface area contributed by atoms with Gasteiger partial charge in [-0.05, 0) is 36.8 Å². The summed E-state index contributed by atoms with van der Waals surface area (Å²) in [6.07, 6.45) is 30.7. The van der Waals surface area contributed by atoms with E-state index >= 15 is 0 Å². The van der Waals surface area contributed by atoms with Crippen molar-refractivity contribution in [3.8, 4) is 5.75 Å². The van der Waals surface area contributed by atoms with Crippen LogP contribution in [0.2, 0.25) is 0 Å². The molecule has 0 N–H and O–H groups in total. The van der Waals surface area contributed by atoms with E-state index in [0.717, 1.165) is 42.6 Å². The molecule has 0 unspecified atom stereocenters. The maximum Gasteiger partial charge on any atom is 2.00 e. The summed E-state index contributed by atoms with van der Waals surface area (Å²) in [6.45, 7) is 4.56. The molecule has 0 aromatic heterocycles. The van der Waals surface area contributed by atoms with Gasteiger partial charge in [-0.1, -0.05) is 173 Å². The van der Waals surface area contributed by atoms with Gasteiger partial charge in [-0.25, -0.2) is 0 Å². The Morgan fingerprint density at radius 3 is 1.07 bits per heavy atom. The quantitative estimate of drug-likeness (QED) is 0.0387. The van der Waals surface area contributed by atoms with Gasteiger partial charge in [0.2, 0.25) is 0 Å². The van der Waals surface area contributed by atoms with Gasteiger partial charge in [0.25, 0.3) is 0 Å². The van der Waals surface area contributed by atoms with Gasteiger partial charge in [0.15, 0.2) is 5.75 Å². The van der Waals surface area contributed by atoms with E-state index in [9.17, 15) is 4.89 Å². The maximum absolute atomic E-state index is 12.2. The Bertz CT molecular complexity index is 638.